The zero-order valence-electron chi connectivity index (χ0n) is 15.4. The average Bonchev–Trinajstić information content (AvgIpc) is 2.63. The van der Waals surface area contributed by atoms with E-state index in [0.717, 1.165) is 31.4 Å². The molecule has 0 aliphatic carbocycles. The van der Waals surface area contributed by atoms with Gasteiger partial charge in [0.05, 0.1) is 17.0 Å². The number of benzene rings is 2. The van der Waals surface area contributed by atoms with Gasteiger partial charge in [-0.15, -0.1) is 0 Å². The molecule has 142 valence electrons. The van der Waals surface area contributed by atoms with Crippen LogP contribution in [0.25, 0.3) is 0 Å². The number of nitrogens with zero attached hydrogens (tertiary/aromatic N) is 1. The molecular formula is C21H24ClN3O2. The van der Waals surface area contributed by atoms with Gasteiger partial charge in [0.15, 0.2) is 0 Å². The lowest BCUT2D eigenvalue weighted by atomic mass is 10.0. The topological polar surface area (TPSA) is 75.4 Å². The molecule has 2 aromatic carbocycles. The maximum Gasteiger partial charge on any atom is 0.255 e. The second-order valence-corrected chi connectivity index (χ2v) is 7.41. The highest BCUT2D eigenvalue weighted by Gasteiger charge is 2.25. The monoisotopic (exact) mass is 385 g/mol. The van der Waals surface area contributed by atoms with Crippen molar-refractivity contribution in [3.8, 4) is 0 Å². The molecule has 2 amide bonds. The Hall–Kier alpha value is -2.53. The number of carbonyl (C=O) groups is 2. The van der Waals surface area contributed by atoms with Crippen molar-refractivity contribution >= 4 is 34.8 Å². The summed E-state index contributed by atoms with van der Waals surface area (Å²) in [5.74, 6) is -0.202. The number of hydrogen-bond donors (Lipinski definition) is 2. The Bertz CT molecular complexity index is 836. The number of anilines is 2. The van der Waals surface area contributed by atoms with Crippen LogP contribution in [0.1, 0.15) is 42.1 Å². The third-order valence-corrected chi connectivity index (χ3v) is 5.20. The Morgan fingerprint density at radius 1 is 1.19 bits per heavy atom. The van der Waals surface area contributed by atoms with Crippen LogP contribution in [0.15, 0.2) is 42.5 Å². The highest BCUT2D eigenvalue weighted by Crippen LogP contribution is 2.26. The SMILES string of the molecule is CC1CCCCN1C(=O)c1ccc(NC(=O)Cc2ccc(N)cc2)cc1Cl. The predicted molar refractivity (Wildman–Crippen MR) is 109 cm³/mol. The highest BCUT2D eigenvalue weighted by molar-refractivity contribution is 6.34. The van der Waals surface area contributed by atoms with Crippen molar-refractivity contribution in [2.75, 3.05) is 17.6 Å². The highest BCUT2D eigenvalue weighted by atomic mass is 35.5. The summed E-state index contributed by atoms with van der Waals surface area (Å²) in [6.45, 7) is 2.83. The van der Waals surface area contributed by atoms with Gasteiger partial charge in [0.2, 0.25) is 5.91 Å². The Labute approximate surface area is 164 Å². The lowest BCUT2D eigenvalue weighted by Gasteiger charge is -2.33. The fourth-order valence-electron chi connectivity index (χ4n) is 3.35. The van der Waals surface area contributed by atoms with Gasteiger partial charge in [-0.1, -0.05) is 23.7 Å². The molecule has 0 spiro atoms. The van der Waals surface area contributed by atoms with Gasteiger partial charge >= 0.3 is 0 Å². The third-order valence-electron chi connectivity index (χ3n) is 4.89. The van der Waals surface area contributed by atoms with Crippen LogP contribution in [0.5, 0.6) is 0 Å². The average molecular weight is 386 g/mol. The Balaban J connectivity index is 1.66. The van der Waals surface area contributed by atoms with Crippen molar-refractivity contribution in [1.82, 2.24) is 4.90 Å². The van der Waals surface area contributed by atoms with Crippen LogP contribution in [-0.2, 0) is 11.2 Å². The smallest absolute Gasteiger partial charge is 0.255 e. The molecule has 1 fully saturated rings. The number of nitrogen functional groups attached to an aromatic ring is 1. The predicted octanol–water partition coefficient (Wildman–Crippen LogP) is 4.12. The van der Waals surface area contributed by atoms with Crippen molar-refractivity contribution in [2.24, 2.45) is 0 Å². The van der Waals surface area contributed by atoms with E-state index in [0.29, 0.717) is 22.0 Å². The van der Waals surface area contributed by atoms with Gasteiger partial charge in [0, 0.05) is 24.0 Å². The quantitative estimate of drug-likeness (QED) is 0.777. The van der Waals surface area contributed by atoms with E-state index in [2.05, 4.69) is 12.2 Å². The van der Waals surface area contributed by atoms with Crippen LogP contribution in [-0.4, -0.2) is 29.3 Å². The molecule has 0 bridgehead atoms. The Morgan fingerprint density at radius 3 is 2.59 bits per heavy atom. The molecule has 0 saturated carbocycles. The first-order valence-corrected chi connectivity index (χ1v) is 9.56. The second-order valence-electron chi connectivity index (χ2n) is 7.00. The van der Waals surface area contributed by atoms with Crippen molar-refractivity contribution in [3.63, 3.8) is 0 Å². The molecule has 0 aromatic heterocycles. The molecule has 6 heteroatoms. The Morgan fingerprint density at radius 2 is 1.93 bits per heavy atom. The molecule has 5 nitrogen and oxygen atoms in total. The Kier molecular flexibility index (Phi) is 6.01. The zero-order chi connectivity index (χ0) is 19.4. The van der Waals surface area contributed by atoms with Crippen LogP contribution < -0.4 is 11.1 Å². The van der Waals surface area contributed by atoms with Crippen LogP contribution in [0, 0.1) is 0 Å². The summed E-state index contributed by atoms with van der Waals surface area (Å²) in [6, 6.07) is 12.4. The van der Waals surface area contributed by atoms with E-state index in [1.54, 1.807) is 30.3 Å². The molecule has 1 unspecified atom stereocenters. The van der Waals surface area contributed by atoms with Gasteiger partial charge in [0.1, 0.15) is 0 Å². The van der Waals surface area contributed by atoms with Gasteiger partial charge in [-0.05, 0) is 62.1 Å². The summed E-state index contributed by atoms with van der Waals surface area (Å²) in [7, 11) is 0. The van der Waals surface area contributed by atoms with Crippen LogP contribution in [0.2, 0.25) is 5.02 Å². The number of carbonyl (C=O) groups excluding carboxylic acids is 2. The van der Waals surface area contributed by atoms with Crippen LogP contribution in [0.3, 0.4) is 0 Å². The molecule has 1 aliphatic heterocycles. The van der Waals surface area contributed by atoms with Gasteiger partial charge in [-0.3, -0.25) is 9.59 Å². The van der Waals surface area contributed by atoms with E-state index in [4.69, 9.17) is 17.3 Å². The van der Waals surface area contributed by atoms with E-state index in [1.807, 2.05) is 17.0 Å². The van der Waals surface area contributed by atoms with Crippen molar-refractivity contribution in [3.05, 3.63) is 58.6 Å². The lowest BCUT2D eigenvalue weighted by Crippen LogP contribution is -2.42. The van der Waals surface area contributed by atoms with Gasteiger partial charge in [-0.25, -0.2) is 0 Å². The molecule has 3 N–H and O–H groups in total. The first kappa shape index (κ1) is 19.2. The summed E-state index contributed by atoms with van der Waals surface area (Å²) in [5.41, 5.74) is 8.23. The second kappa shape index (κ2) is 8.44. The number of rotatable bonds is 4. The summed E-state index contributed by atoms with van der Waals surface area (Å²) < 4.78 is 0. The van der Waals surface area contributed by atoms with E-state index < -0.39 is 0 Å². The fourth-order valence-corrected chi connectivity index (χ4v) is 3.61. The molecule has 1 aliphatic rings. The molecule has 1 atom stereocenters. The van der Waals surface area contributed by atoms with E-state index in [1.165, 1.54) is 0 Å². The van der Waals surface area contributed by atoms with Crippen molar-refractivity contribution in [2.45, 2.75) is 38.6 Å². The normalized spacial score (nSPS) is 16.8. The molecule has 3 rings (SSSR count). The minimum Gasteiger partial charge on any atom is -0.399 e. The number of amides is 2. The molecule has 27 heavy (non-hydrogen) atoms. The number of nitrogens with two attached hydrogens (primary N) is 1. The number of piperidine rings is 1. The molecule has 2 aromatic rings. The largest absolute Gasteiger partial charge is 0.399 e. The first-order valence-electron chi connectivity index (χ1n) is 9.19. The van der Waals surface area contributed by atoms with Crippen LogP contribution in [0.4, 0.5) is 11.4 Å². The minimum atomic E-state index is -0.153. The fraction of sp³-hybridized carbons (Fsp3) is 0.333. The summed E-state index contributed by atoms with van der Waals surface area (Å²) in [4.78, 5) is 26.9. The summed E-state index contributed by atoms with van der Waals surface area (Å²) in [5, 5.41) is 3.17. The number of likely N-dealkylation sites (tertiary alicyclic amines) is 1. The molecule has 0 radical (unpaired) electrons. The lowest BCUT2D eigenvalue weighted by molar-refractivity contribution is -0.115. The standard InChI is InChI=1S/C21H24ClN3O2/c1-14-4-2-3-11-25(14)21(27)18-10-9-17(13-19(18)22)24-20(26)12-15-5-7-16(23)8-6-15/h5-10,13-14H,2-4,11-12,23H2,1H3,(H,24,26). The van der Waals surface area contributed by atoms with Gasteiger partial charge in [-0.2, -0.15) is 0 Å². The minimum absolute atomic E-state index is 0.0491. The molecule has 1 heterocycles. The number of nitrogens with one attached hydrogen (secondary N) is 1. The van der Waals surface area contributed by atoms with Gasteiger partial charge < -0.3 is 16.0 Å². The maximum atomic E-state index is 12.8. The maximum absolute atomic E-state index is 12.8. The zero-order valence-corrected chi connectivity index (χ0v) is 16.1. The molecule has 1 saturated heterocycles. The first-order chi connectivity index (χ1) is 12.9. The summed E-state index contributed by atoms with van der Waals surface area (Å²) in [6.07, 6.45) is 3.43. The van der Waals surface area contributed by atoms with Gasteiger partial charge in [0.25, 0.3) is 5.91 Å². The number of hydrogen-bond acceptors (Lipinski definition) is 3. The van der Waals surface area contributed by atoms with E-state index in [-0.39, 0.29) is 24.3 Å². The third kappa shape index (κ3) is 4.80. The van der Waals surface area contributed by atoms with E-state index in [9.17, 15) is 9.59 Å². The summed E-state index contributed by atoms with van der Waals surface area (Å²) >= 11 is 6.34. The van der Waals surface area contributed by atoms with Crippen molar-refractivity contribution < 1.29 is 9.59 Å². The van der Waals surface area contributed by atoms with E-state index >= 15 is 0 Å². The number of halogens is 1. The van der Waals surface area contributed by atoms with Crippen molar-refractivity contribution in [1.29, 1.82) is 0 Å². The molecular weight excluding hydrogens is 362 g/mol. The van der Waals surface area contributed by atoms with Crippen LogP contribution >= 0.6 is 11.6 Å².